The summed E-state index contributed by atoms with van der Waals surface area (Å²) in [5.74, 6) is -1.51. The SMILES string of the molecule is Cc1ccc(-c2csc(N3C(=O)c4ccc5c6c(ccc(c46)C3=O)C(O)N(c3nc(-c4ccc(C)cc4)cs3)C5=O)n2)cc1. The standard InChI is InChI=1S/C34H22N4O4S2/c1-17-3-7-19(8-4-17)25-15-43-33(35-25)37-29(39)21-11-13-23-28-24(14-12-22(27(21)28)30(37)40)32(42)38(31(23)41)34-36-26(16-44-34)20-9-5-18(2)6-10-20/h3-16,29,39H,1-2H3. The summed E-state index contributed by atoms with van der Waals surface area (Å²) in [4.78, 5) is 53.2. The molecule has 44 heavy (non-hydrogen) atoms. The van der Waals surface area contributed by atoms with Crippen LogP contribution >= 0.6 is 22.7 Å². The van der Waals surface area contributed by atoms with Crippen molar-refractivity contribution in [3.63, 3.8) is 0 Å². The molecule has 3 amide bonds. The number of aromatic nitrogens is 2. The van der Waals surface area contributed by atoms with Crippen LogP contribution in [0.3, 0.4) is 0 Å². The van der Waals surface area contributed by atoms with Crippen molar-refractivity contribution in [3.8, 4) is 22.5 Å². The molecule has 8 rings (SSSR count). The second kappa shape index (κ2) is 9.75. The van der Waals surface area contributed by atoms with Crippen LogP contribution in [0.4, 0.5) is 10.3 Å². The number of hydrogen-bond acceptors (Lipinski definition) is 8. The van der Waals surface area contributed by atoms with Crippen molar-refractivity contribution < 1.29 is 19.5 Å². The quantitative estimate of drug-likeness (QED) is 0.212. The first-order valence-electron chi connectivity index (χ1n) is 13.9. The Morgan fingerprint density at radius 2 is 1.09 bits per heavy atom. The van der Waals surface area contributed by atoms with Crippen LogP contribution in [0.2, 0.25) is 0 Å². The third-order valence-electron chi connectivity index (χ3n) is 8.11. The molecule has 2 aromatic heterocycles. The number of amides is 3. The molecule has 4 heterocycles. The fourth-order valence-corrected chi connectivity index (χ4v) is 7.49. The highest BCUT2D eigenvalue weighted by atomic mass is 32.1. The number of nitrogens with zero attached hydrogens (tertiary/aromatic N) is 4. The number of aryl methyl sites for hydroxylation is 2. The number of thiazole rings is 2. The summed E-state index contributed by atoms with van der Waals surface area (Å²) in [6.45, 7) is 4.01. The van der Waals surface area contributed by atoms with Crippen molar-refractivity contribution >= 4 is 61.4 Å². The van der Waals surface area contributed by atoms with Crippen LogP contribution < -0.4 is 9.80 Å². The van der Waals surface area contributed by atoms with Gasteiger partial charge in [0.1, 0.15) is 0 Å². The molecule has 1 unspecified atom stereocenters. The van der Waals surface area contributed by atoms with Crippen molar-refractivity contribution in [1.29, 1.82) is 0 Å². The summed E-state index contributed by atoms with van der Waals surface area (Å²) in [6.07, 6.45) is -1.35. The molecule has 0 bridgehead atoms. The van der Waals surface area contributed by atoms with Gasteiger partial charge in [-0.05, 0) is 32.0 Å². The highest BCUT2D eigenvalue weighted by molar-refractivity contribution is 7.14. The number of carbonyl (C=O) groups is 3. The van der Waals surface area contributed by atoms with Crippen LogP contribution in [-0.4, -0.2) is 32.8 Å². The minimum absolute atomic E-state index is 0.269. The molecule has 2 aliphatic heterocycles. The Balaban J connectivity index is 1.18. The van der Waals surface area contributed by atoms with Gasteiger partial charge in [-0.15, -0.1) is 22.7 Å². The molecule has 0 spiro atoms. The zero-order valence-corrected chi connectivity index (χ0v) is 25.1. The second-order valence-electron chi connectivity index (χ2n) is 10.9. The Morgan fingerprint density at radius 1 is 0.614 bits per heavy atom. The minimum Gasteiger partial charge on any atom is -0.369 e. The maximum atomic E-state index is 13.9. The number of aliphatic hydroxyl groups is 1. The monoisotopic (exact) mass is 614 g/mol. The molecule has 2 aliphatic rings. The van der Waals surface area contributed by atoms with Gasteiger partial charge in [0, 0.05) is 54.9 Å². The summed E-state index contributed by atoms with van der Waals surface area (Å²) in [6, 6.07) is 22.2. The van der Waals surface area contributed by atoms with Crippen molar-refractivity contribution in [3.05, 3.63) is 117 Å². The predicted octanol–water partition coefficient (Wildman–Crippen LogP) is 7.16. The Hall–Kier alpha value is -5.03. The van der Waals surface area contributed by atoms with E-state index in [-0.39, 0.29) is 16.3 Å². The van der Waals surface area contributed by atoms with Gasteiger partial charge in [-0.3, -0.25) is 19.3 Å². The molecular weight excluding hydrogens is 593 g/mol. The first-order valence-corrected chi connectivity index (χ1v) is 15.6. The first kappa shape index (κ1) is 26.6. The van der Waals surface area contributed by atoms with E-state index in [9.17, 15) is 19.5 Å². The van der Waals surface area contributed by atoms with Crippen LogP contribution in [-0.2, 0) is 0 Å². The number of imide groups is 1. The average Bonchev–Trinajstić information content (AvgIpc) is 3.71. The Morgan fingerprint density at radius 3 is 1.66 bits per heavy atom. The van der Waals surface area contributed by atoms with Gasteiger partial charge in [0.25, 0.3) is 17.7 Å². The Kier molecular flexibility index (Phi) is 5.89. The zero-order valence-electron chi connectivity index (χ0n) is 23.4. The van der Waals surface area contributed by atoms with E-state index in [4.69, 9.17) is 0 Å². The maximum absolute atomic E-state index is 13.9. The highest BCUT2D eigenvalue weighted by Gasteiger charge is 2.42. The van der Waals surface area contributed by atoms with Gasteiger partial charge >= 0.3 is 0 Å². The van der Waals surface area contributed by atoms with Gasteiger partial charge in [0.2, 0.25) is 0 Å². The van der Waals surface area contributed by atoms with E-state index in [1.807, 2.05) is 73.1 Å². The molecule has 0 aliphatic carbocycles. The lowest BCUT2D eigenvalue weighted by molar-refractivity contribution is 0.0865. The number of anilines is 2. The summed E-state index contributed by atoms with van der Waals surface area (Å²) in [5, 5.41) is 16.6. The molecule has 0 saturated carbocycles. The fraction of sp³-hybridized carbons (Fsp3) is 0.0882. The molecule has 1 N–H and O–H groups in total. The second-order valence-corrected chi connectivity index (χ2v) is 12.5. The van der Waals surface area contributed by atoms with E-state index in [1.165, 1.54) is 27.6 Å². The van der Waals surface area contributed by atoms with Gasteiger partial charge in [0.15, 0.2) is 16.5 Å². The van der Waals surface area contributed by atoms with E-state index < -0.39 is 23.9 Å². The smallest absolute Gasteiger partial charge is 0.267 e. The molecular formula is C34H22N4O4S2. The van der Waals surface area contributed by atoms with Gasteiger partial charge in [-0.2, -0.15) is 0 Å². The third kappa shape index (κ3) is 3.88. The van der Waals surface area contributed by atoms with Crippen LogP contribution in [0.15, 0.2) is 83.6 Å². The molecule has 0 saturated heterocycles. The summed E-state index contributed by atoms with van der Waals surface area (Å²) >= 11 is 2.48. The molecule has 0 fully saturated rings. The van der Waals surface area contributed by atoms with Crippen molar-refractivity contribution in [2.45, 2.75) is 20.1 Å². The van der Waals surface area contributed by atoms with Gasteiger partial charge in [-0.1, -0.05) is 65.7 Å². The van der Waals surface area contributed by atoms with Gasteiger partial charge in [0.05, 0.1) is 11.4 Å². The normalized spacial score (nSPS) is 15.9. The van der Waals surface area contributed by atoms with E-state index >= 15 is 0 Å². The number of hydrogen-bond donors (Lipinski definition) is 1. The van der Waals surface area contributed by atoms with Crippen molar-refractivity contribution in [1.82, 2.24) is 9.97 Å². The van der Waals surface area contributed by atoms with Gasteiger partial charge in [-0.25, -0.2) is 14.9 Å². The topological polar surface area (TPSA) is 104 Å². The molecule has 214 valence electrons. The number of benzene rings is 4. The lowest BCUT2D eigenvalue weighted by Gasteiger charge is -2.34. The summed E-state index contributed by atoms with van der Waals surface area (Å²) < 4.78 is 0. The summed E-state index contributed by atoms with van der Waals surface area (Å²) in [5.41, 5.74) is 6.68. The van der Waals surface area contributed by atoms with Gasteiger partial charge < -0.3 is 5.11 Å². The minimum atomic E-state index is -1.35. The zero-order chi connectivity index (χ0) is 30.3. The van der Waals surface area contributed by atoms with Crippen molar-refractivity contribution in [2.24, 2.45) is 0 Å². The number of carbonyl (C=O) groups excluding carboxylic acids is 3. The number of rotatable bonds is 4. The van der Waals surface area contributed by atoms with Crippen molar-refractivity contribution in [2.75, 3.05) is 9.80 Å². The van der Waals surface area contributed by atoms with Crippen LogP contribution in [0, 0.1) is 13.8 Å². The van der Waals surface area contributed by atoms with Crippen LogP contribution in [0.25, 0.3) is 33.3 Å². The highest BCUT2D eigenvalue weighted by Crippen LogP contribution is 2.44. The fourth-order valence-electron chi connectivity index (χ4n) is 5.81. The Bertz CT molecular complexity index is 2160. The van der Waals surface area contributed by atoms with E-state index in [2.05, 4.69) is 9.97 Å². The first-order chi connectivity index (χ1) is 21.3. The number of aliphatic hydroxyl groups excluding tert-OH is 1. The largest absolute Gasteiger partial charge is 0.369 e. The van der Waals surface area contributed by atoms with E-state index in [0.717, 1.165) is 27.2 Å². The van der Waals surface area contributed by atoms with E-state index in [0.29, 0.717) is 38.4 Å². The predicted molar refractivity (Wildman–Crippen MR) is 171 cm³/mol. The average molecular weight is 615 g/mol. The molecule has 4 aromatic carbocycles. The lowest BCUT2D eigenvalue weighted by Crippen LogP contribution is -2.42. The lowest BCUT2D eigenvalue weighted by atomic mass is 9.86. The Labute approximate surface area is 259 Å². The maximum Gasteiger partial charge on any atom is 0.267 e. The third-order valence-corrected chi connectivity index (χ3v) is 9.77. The molecule has 1 atom stereocenters. The van der Waals surface area contributed by atoms with E-state index in [1.54, 1.807) is 24.3 Å². The summed E-state index contributed by atoms with van der Waals surface area (Å²) in [7, 11) is 0. The molecule has 8 nitrogen and oxygen atoms in total. The molecule has 6 aromatic rings. The molecule has 0 radical (unpaired) electrons. The molecule has 10 heteroatoms. The van der Waals surface area contributed by atoms with Crippen LogP contribution in [0.1, 0.15) is 54.0 Å². The van der Waals surface area contributed by atoms with Crippen LogP contribution in [0.5, 0.6) is 0 Å².